The highest BCUT2D eigenvalue weighted by Crippen LogP contribution is 2.02. The van der Waals surface area contributed by atoms with Gasteiger partial charge in [0.2, 0.25) is 5.91 Å². The summed E-state index contributed by atoms with van der Waals surface area (Å²) in [5, 5.41) is 2.80. The average molecular weight is 125 g/mol. The van der Waals surface area contributed by atoms with Crippen LogP contribution in [0, 0.1) is 0 Å². The molecule has 0 aliphatic carbocycles. The van der Waals surface area contributed by atoms with Crippen LogP contribution in [-0.2, 0) is 4.79 Å². The number of rotatable bonds is 2. The van der Waals surface area contributed by atoms with Gasteiger partial charge in [0.25, 0.3) is 0 Å². The molecule has 0 aromatic rings. The van der Waals surface area contributed by atoms with Gasteiger partial charge in [-0.05, 0) is 6.42 Å². The lowest BCUT2D eigenvalue weighted by atomic mass is 10.2. The fourth-order valence-electron chi connectivity index (χ4n) is 0.962. The van der Waals surface area contributed by atoms with E-state index in [-0.39, 0.29) is 5.91 Å². The molecule has 0 spiro atoms. The quantitative estimate of drug-likeness (QED) is 0.582. The van der Waals surface area contributed by atoms with Crippen molar-refractivity contribution in [2.75, 3.05) is 0 Å². The van der Waals surface area contributed by atoms with Gasteiger partial charge in [0.15, 0.2) is 0 Å². The molecule has 50 valence electrons. The molecule has 1 aliphatic heterocycles. The zero-order valence-electron chi connectivity index (χ0n) is 5.55. The molecule has 0 aromatic heterocycles. The molecule has 1 heterocycles. The summed E-state index contributed by atoms with van der Waals surface area (Å²) >= 11 is 0. The first-order chi connectivity index (χ1) is 4.33. The molecule has 1 atom stereocenters. The highest BCUT2D eigenvalue weighted by Gasteiger charge is 2.11. The van der Waals surface area contributed by atoms with Crippen LogP contribution in [0.3, 0.4) is 0 Å². The highest BCUT2D eigenvalue weighted by molar-refractivity contribution is 5.90. The van der Waals surface area contributed by atoms with Crippen molar-refractivity contribution in [3.05, 3.63) is 12.2 Å². The van der Waals surface area contributed by atoms with E-state index in [2.05, 4.69) is 12.2 Å². The Morgan fingerprint density at radius 3 is 3.00 bits per heavy atom. The molecular formula is C7H11NO. The Kier molecular flexibility index (Phi) is 1.88. The molecule has 0 saturated carbocycles. The largest absolute Gasteiger partial charge is 0.346 e. The van der Waals surface area contributed by atoms with Gasteiger partial charge in [0.1, 0.15) is 0 Å². The number of carbonyl (C=O) groups is 1. The third kappa shape index (κ3) is 1.56. The minimum absolute atomic E-state index is 0.0495. The van der Waals surface area contributed by atoms with Gasteiger partial charge in [-0.25, -0.2) is 0 Å². The maximum absolute atomic E-state index is 10.5. The Bertz CT molecular complexity index is 140. The summed E-state index contributed by atoms with van der Waals surface area (Å²) in [5.41, 5.74) is 0. The standard InChI is InChI=1S/C7H11NO/c1-2-3-6-4-5-7(9)8-6/h4-6H,2-3H2,1H3,(H,8,9)/t6-/m1/s1. The maximum Gasteiger partial charge on any atom is 0.244 e. The highest BCUT2D eigenvalue weighted by atomic mass is 16.1. The zero-order chi connectivity index (χ0) is 6.69. The van der Waals surface area contributed by atoms with Gasteiger partial charge in [0.05, 0.1) is 0 Å². The summed E-state index contributed by atoms with van der Waals surface area (Å²) in [4.78, 5) is 10.5. The minimum Gasteiger partial charge on any atom is -0.346 e. The molecule has 1 amide bonds. The van der Waals surface area contributed by atoms with E-state index in [0.29, 0.717) is 6.04 Å². The van der Waals surface area contributed by atoms with Crippen molar-refractivity contribution in [1.29, 1.82) is 0 Å². The first-order valence-electron chi connectivity index (χ1n) is 3.31. The number of nitrogens with one attached hydrogen (secondary N) is 1. The van der Waals surface area contributed by atoms with Crippen molar-refractivity contribution in [2.45, 2.75) is 25.8 Å². The normalized spacial score (nSPS) is 24.6. The van der Waals surface area contributed by atoms with Crippen molar-refractivity contribution >= 4 is 5.91 Å². The van der Waals surface area contributed by atoms with E-state index >= 15 is 0 Å². The van der Waals surface area contributed by atoms with Gasteiger partial charge >= 0.3 is 0 Å². The van der Waals surface area contributed by atoms with Gasteiger partial charge in [-0.2, -0.15) is 0 Å². The van der Waals surface area contributed by atoms with Gasteiger partial charge in [-0.3, -0.25) is 4.79 Å². The smallest absolute Gasteiger partial charge is 0.244 e. The molecule has 2 nitrogen and oxygen atoms in total. The van der Waals surface area contributed by atoms with Crippen molar-refractivity contribution in [2.24, 2.45) is 0 Å². The van der Waals surface area contributed by atoms with Crippen molar-refractivity contribution < 1.29 is 4.79 Å². The number of carbonyl (C=O) groups excluding carboxylic acids is 1. The summed E-state index contributed by atoms with van der Waals surface area (Å²) in [5.74, 6) is 0.0495. The Balaban J connectivity index is 2.32. The second-order valence-electron chi connectivity index (χ2n) is 2.26. The van der Waals surface area contributed by atoms with Gasteiger partial charge < -0.3 is 5.32 Å². The van der Waals surface area contributed by atoms with Gasteiger partial charge in [-0.15, -0.1) is 0 Å². The maximum atomic E-state index is 10.5. The monoisotopic (exact) mass is 125 g/mol. The van der Waals surface area contributed by atoms with Crippen LogP contribution in [0.15, 0.2) is 12.2 Å². The molecule has 2 heteroatoms. The third-order valence-electron chi connectivity index (χ3n) is 1.41. The Hall–Kier alpha value is -0.790. The predicted octanol–water partition coefficient (Wildman–Crippen LogP) is 0.841. The second-order valence-corrected chi connectivity index (χ2v) is 2.26. The van der Waals surface area contributed by atoms with Gasteiger partial charge in [-0.1, -0.05) is 19.4 Å². The summed E-state index contributed by atoms with van der Waals surface area (Å²) < 4.78 is 0. The van der Waals surface area contributed by atoms with E-state index in [1.807, 2.05) is 6.08 Å². The van der Waals surface area contributed by atoms with E-state index in [9.17, 15) is 4.79 Å². The Morgan fingerprint density at radius 1 is 1.78 bits per heavy atom. The molecule has 1 aliphatic rings. The van der Waals surface area contributed by atoms with Crippen molar-refractivity contribution in [3.8, 4) is 0 Å². The van der Waals surface area contributed by atoms with Crippen molar-refractivity contribution in [3.63, 3.8) is 0 Å². The molecule has 0 fully saturated rings. The van der Waals surface area contributed by atoms with Crippen molar-refractivity contribution in [1.82, 2.24) is 5.32 Å². The molecule has 0 aromatic carbocycles. The SMILES string of the molecule is CCC[C@@H]1C=CC(=O)N1. The predicted molar refractivity (Wildman–Crippen MR) is 36.0 cm³/mol. The zero-order valence-corrected chi connectivity index (χ0v) is 5.55. The first kappa shape index (κ1) is 6.33. The lowest BCUT2D eigenvalue weighted by Crippen LogP contribution is -2.25. The van der Waals surface area contributed by atoms with E-state index in [4.69, 9.17) is 0 Å². The summed E-state index contributed by atoms with van der Waals surface area (Å²) in [6.45, 7) is 2.11. The molecule has 0 unspecified atom stereocenters. The number of hydrogen-bond donors (Lipinski definition) is 1. The van der Waals surface area contributed by atoms with Crippen LogP contribution >= 0.6 is 0 Å². The number of hydrogen-bond acceptors (Lipinski definition) is 1. The lowest BCUT2D eigenvalue weighted by Gasteiger charge is -2.04. The topological polar surface area (TPSA) is 29.1 Å². The van der Waals surface area contributed by atoms with Gasteiger partial charge in [0, 0.05) is 12.1 Å². The molecule has 1 rings (SSSR count). The van der Waals surface area contributed by atoms with Crippen LogP contribution in [0.4, 0.5) is 0 Å². The summed E-state index contributed by atoms with van der Waals surface area (Å²) in [6, 6.07) is 0.308. The molecule has 0 bridgehead atoms. The molecule has 1 N–H and O–H groups in total. The fourth-order valence-corrected chi connectivity index (χ4v) is 0.962. The van der Waals surface area contributed by atoms with Crippen LogP contribution in [-0.4, -0.2) is 11.9 Å². The molecular weight excluding hydrogens is 114 g/mol. The van der Waals surface area contributed by atoms with E-state index in [1.165, 1.54) is 0 Å². The summed E-state index contributed by atoms with van der Waals surface area (Å²) in [6.07, 6.45) is 5.70. The van der Waals surface area contributed by atoms with E-state index in [0.717, 1.165) is 12.8 Å². The fraction of sp³-hybridized carbons (Fsp3) is 0.571. The molecule has 0 saturated heterocycles. The molecule has 9 heavy (non-hydrogen) atoms. The minimum atomic E-state index is 0.0495. The van der Waals surface area contributed by atoms with Crippen LogP contribution in [0.2, 0.25) is 0 Å². The third-order valence-corrected chi connectivity index (χ3v) is 1.41. The van der Waals surface area contributed by atoms with E-state index in [1.54, 1.807) is 6.08 Å². The van der Waals surface area contributed by atoms with Crippen LogP contribution < -0.4 is 5.32 Å². The Morgan fingerprint density at radius 2 is 2.56 bits per heavy atom. The lowest BCUT2D eigenvalue weighted by molar-refractivity contribution is -0.116. The van der Waals surface area contributed by atoms with E-state index < -0.39 is 0 Å². The first-order valence-corrected chi connectivity index (χ1v) is 3.31. The number of amides is 1. The summed E-state index contributed by atoms with van der Waals surface area (Å²) in [7, 11) is 0. The van der Waals surface area contributed by atoms with Crippen LogP contribution in [0.25, 0.3) is 0 Å². The molecule has 0 radical (unpaired) electrons. The second kappa shape index (κ2) is 2.67. The van der Waals surface area contributed by atoms with Crippen LogP contribution in [0.1, 0.15) is 19.8 Å². The van der Waals surface area contributed by atoms with Crippen LogP contribution in [0.5, 0.6) is 0 Å². The average Bonchev–Trinajstić information content (AvgIpc) is 2.17. The Labute approximate surface area is 54.9 Å².